The zero-order chi connectivity index (χ0) is 16.5. The first-order chi connectivity index (χ1) is 11.2. The molecule has 0 aromatic carbocycles. The van der Waals surface area contributed by atoms with E-state index in [1.54, 1.807) is 27.6 Å². The number of halogens is 1. The van der Waals surface area contributed by atoms with E-state index in [0.717, 1.165) is 30.4 Å². The molecule has 2 heterocycles. The van der Waals surface area contributed by atoms with Gasteiger partial charge in [0.2, 0.25) is 0 Å². The molecule has 24 heavy (non-hydrogen) atoms. The summed E-state index contributed by atoms with van der Waals surface area (Å²) in [7, 11) is 0. The third kappa shape index (κ3) is 7.21. The van der Waals surface area contributed by atoms with Crippen LogP contribution in [0.15, 0.2) is 33.7 Å². The molecule has 2 N–H and O–H groups in total. The summed E-state index contributed by atoms with van der Waals surface area (Å²) < 4.78 is 5.43. The van der Waals surface area contributed by atoms with Gasteiger partial charge in [0.15, 0.2) is 0 Å². The number of nitrogens with two attached hydrogens (primary N) is 1. The molecule has 0 aliphatic rings. The monoisotopic (exact) mass is 388 g/mol. The molecule has 0 spiro atoms. The van der Waals surface area contributed by atoms with Gasteiger partial charge in [-0.1, -0.05) is 19.8 Å². The van der Waals surface area contributed by atoms with Crippen molar-refractivity contribution in [1.82, 2.24) is 4.90 Å². The maximum Gasteiger partial charge on any atom is 0.410 e. The Kier molecular flexibility index (Phi) is 10.0. The van der Waals surface area contributed by atoms with Gasteiger partial charge in [0.1, 0.15) is 6.61 Å². The van der Waals surface area contributed by atoms with Gasteiger partial charge < -0.3 is 10.5 Å². The predicted molar refractivity (Wildman–Crippen MR) is 104 cm³/mol. The third-order valence-electron chi connectivity index (χ3n) is 3.51. The maximum atomic E-state index is 12.4. The molecule has 0 radical (unpaired) electrons. The first-order valence-corrected chi connectivity index (χ1v) is 9.77. The van der Waals surface area contributed by atoms with Crippen LogP contribution in [-0.2, 0) is 17.8 Å². The van der Waals surface area contributed by atoms with Crippen LogP contribution in [-0.4, -0.2) is 23.6 Å². The summed E-state index contributed by atoms with van der Waals surface area (Å²) >= 11 is 3.26. The van der Waals surface area contributed by atoms with Gasteiger partial charge in [0.05, 0.1) is 13.1 Å². The van der Waals surface area contributed by atoms with Gasteiger partial charge in [0, 0.05) is 6.04 Å². The fourth-order valence-electron chi connectivity index (χ4n) is 2.21. The van der Waals surface area contributed by atoms with E-state index in [2.05, 4.69) is 17.7 Å². The largest absolute Gasteiger partial charge is 0.448 e. The van der Waals surface area contributed by atoms with Crippen LogP contribution in [0.3, 0.4) is 0 Å². The number of rotatable bonds is 9. The number of unbranched alkanes of at least 4 members (excludes halogenated alkanes) is 1. The zero-order valence-corrected chi connectivity index (χ0v) is 16.3. The van der Waals surface area contributed by atoms with E-state index in [0.29, 0.717) is 13.1 Å². The highest BCUT2D eigenvalue weighted by atomic mass is 35.5. The summed E-state index contributed by atoms with van der Waals surface area (Å²) in [6.07, 6.45) is 2.75. The molecule has 1 amide bonds. The fourth-order valence-corrected chi connectivity index (χ4v) is 3.53. The molecular weight excluding hydrogens is 364 g/mol. The quantitative estimate of drug-likeness (QED) is 0.665. The molecule has 0 aliphatic carbocycles. The van der Waals surface area contributed by atoms with E-state index in [1.807, 2.05) is 22.9 Å². The second-order valence-electron chi connectivity index (χ2n) is 5.60. The fraction of sp³-hybridized carbons (Fsp3) is 0.471. The number of carbonyl (C=O) groups is 1. The Labute approximate surface area is 158 Å². The Morgan fingerprint density at radius 1 is 1.21 bits per heavy atom. The van der Waals surface area contributed by atoms with E-state index in [-0.39, 0.29) is 31.1 Å². The van der Waals surface area contributed by atoms with Crippen molar-refractivity contribution >= 4 is 41.2 Å². The van der Waals surface area contributed by atoms with Crippen molar-refractivity contribution < 1.29 is 9.53 Å². The average molecular weight is 389 g/mol. The Balaban J connectivity index is 0.00000288. The molecule has 0 aliphatic heterocycles. The number of carbonyl (C=O) groups excluding carboxylic acids is 1. The van der Waals surface area contributed by atoms with Crippen LogP contribution in [0.2, 0.25) is 0 Å². The lowest BCUT2D eigenvalue weighted by Gasteiger charge is -2.22. The van der Waals surface area contributed by atoms with Gasteiger partial charge >= 0.3 is 6.09 Å². The molecule has 134 valence electrons. The molecule has 2 rings (SSSR count). The van der Waals surface area contributed by atoms with Crippen LogP contribution in [0.25, 0.3) is 0 Å². The van der Waals surface area contributed by atoms with E-state index in [1.165, 1.54) is 0 Å². The van der Waals surface area contributed by atoms with E-state index in [9.17, 15) is 4.79 Å². The lowest BCUT2D eigenvalue weighted by molar-refractivity contribution is 0.0908. The zero-order valence-electron chi connectivity index (χ0n) is 13.8. The minimum atomic E-state index is -0.297. The highest BCUT2D eigenvalue weighted by molar-refractivity contribution is 7.08. The van der Waals surface area contributed by atoms with Crippen molar-refractivity contribution in [2.45, 2.75) is 45.3 Å². The van der Waals surface area contributed by atoms with Crippen molar-refractivity contribution in [3.05, 3.63) is 44.8 Å². The molecule has 1 unspecified atom stereocenters. The predicted octanol–water partition coefficient (Wildman–Crippen LogP) is 4.89. The van der Waals surface area contributed by atoms with E-state index >= 15 is 0 Å². The number of hydrogen-bond acceptors (Lipinski definition) is 5. The lowest BCUT2D eigenvalue weighted by atomic mass is 10.1. The Morgan fingerprint density at radius 2 is 1.79 bits per heavy atom. The second kappa shape index (κ2) is 11.5. The molecule has 7 heteroatoms. The van der Waals surface area contributed by atoms with Crippen molar-refractivity contribution in [3.63, 3.8) is 0 Å². The van der Waals surface area contributed by atoms with Crippen LogP contribution in [0, 0.1) is 0 Å². The van der Waals surface area contributed by atoms with Crippen LogP contribution < -0.4 is 5.73 Å². The van der Waals surface area contributed by atoms with Crippen molar-refractivity contribution in [2.75, 3.05) is 6.61 Å². The minimum absolute atomic E-state index is 0. The number of nitrogens with zero attached hydrogens (tertiary/aromatic N) is 1. The van der Waals surface area contributed by atoms with Crippen LogP contribution in [0.5, 0.6) is 0 Å². The van der Waals surface area contributed by atoms with Crippen LogP contribution >= 0.6 is 35.1 Å². The van der Waals surface area contributed by atoms with Crippen molar-refractivity contribution in [1.29, 1.82) is 0 Å². The van der Waals surface area contributed by atoms with Gasteiger partial charge in [-0.3, -0.25) is 4.90 Å². The molecule has 0 saturated carbocycles. The molecule has 2 aromatic rings. The standard InChI is InChI=1S/C17H24N2O2S2.ClH/c1-2-3-4-16(18)11-21-17(20)19(9-14-5-7-22-12-14)10-15-6-8-23-13-15;/h5-8,12-13,16H,2-4,9-11,18H2,1H3;1H. The SMILES string of the molecule is CCCCC(N)COC(=O)N(Cc1ccsc1)Cc1ccsc1.Cl. The third-order valence-corrected chi connectivity index (χ3v) is 4.98. The summed E-state index contributed by atoms with van der Waals surface area (Å²) in [6.45, 7) is 3.52. The van der Waals surface area contributed by atoms with Gasteiger partial charge in [0.25, 0.3) is 0 Å². The smallest absolute Gasteiger partial charge is 0.410 e. The summed E-state index contributed by atoms with van der Waals surface area (Å²) in [5.74, 6) is 0. The molecule has 2 aromatic heterocycles. The Hall–Kier alpha value is -1.08. The van der Waals surface area contributed by atoms with Gasteiger partial charge in [-0.2, -0.15) is 22.7 Å². The molecule has 0 fully saturated rings. The molecule has 1 atom stereocenters. The topological polar surface area (TPSA) is 55.6 Å². The van der Waals surface area contributed by atoms with E-state index < -0.39 is 0 Å². The highest BCUT2D eigenvalue weighted by Crippen LogP contribution is 2.15. The lowest BCUT2D eigenvalue weighted by Crippen LogP contribution is -2.34. The van der Waals surface area contributed by atoms with Gasteiger partial charge in [-0.25, -0.2) is 4.79 Å². The van der Waals surface area contributed by atoms with Crippen molar-refractivity contribution in [2.24, 2.45) is 5.73 Å². The van der Waals surface area contributed by atoms with Crippen molar-refractivity contribution in [3.8, 4) is 0 Å². The van der Waals surface area contributed by atoms with Crippen LogP contribution in [0.1, 0.15) is 37.3 Å². The number of hydrogen-bond donors (Lipinski definition) is 1. The normalized spacial score (nSPS) is 11.6. The summed E-state index contributed by atoms with van der Waals surface area (Å²) in [4.78, 5) is 14.2. The molecule has 4 nitrogen and oxygen atoms in total. The summed E-state index contributed by atoms with van der Waals surface area (Å²) in [5, 5.41) is 8.15. The molecule has 0 bridgehead atoms. The number of thiophene rings is 2. The number of ether oxygens (including phenoxy) is 1. The maximum absolute atomic E-state index is 12.4. The number of amides is 1. The first-order valence-electron chi connectivity index (χ1n) is 7.88. The summed E-state index contributed by atoms with van der Waals surface area (Å²) in [6, 6.07) is 3.99. The molecule has 0 saturated heterocycles. The first kappa shape index (κ1) is 21.0. The van der Waals surface area contributed by atoms with Gasteiger partial charge in [-0.15, -0.1) is 12.4 Å². The Morgan fingerprint density at radius 3 is 2.25 bits per heavy atom. The summed E-state index contributed by atoms with van der Waals surface area (Å²) in [5.41, 5.74) is 8.23. The molecular formula is C17H25ClN2O2S2. The van der Waals surface area contributed by atoms with Crippen LogP contribution in [0.4, 0.5) is 4.79 Å². The second-order valence-corrected chi connectivity index (χ2v) is 7.16. The average Bonchev–Trinajstić information content (AvgIpc) is 3.23. The highest BCUT2D eigenvalue weighted by Gasteiger charge is 2.17. The van der Waals surface area contributed by atoms with E-state index in [4.69, 9.17) is 10.5 Å². The van der Waals surface area contributed by atoms with Gasteiger partial charge in [-0.05, 0) is 51.2 Å². The Bertz CT molecular complexity index is 525. The minimum Gasteiger partial charge on any atom is -0.448 e.